The molecule has 0 bridgehead atoms. The van der Waals surface area contributed by atoms with Crippen molar-refractivity contribution in [3.05, 3.63) is 17.2 Å². The zero-order valence-electron chi connectivity index (χ0n) is 20.8. The lowest BCUT2D eigenvalue weighted by atomic mass is 9.98. The van der Waals surface area contributed by atoms with Gasteiger partial charge in [-0.2, -0.15) is 0 Å². The van der Waals surface area contributed by atoms with Crippen LogP contribution in [0.4, 0.5) is 0 Å². The smallest absolute Gasteiger partial charge is 0.341 e. The molecule has 1 aromatic rings. The Bertz CT molecular complexity index is 785. The maximum Gasteiger partial charge on any atom is 0.341 e. The number of hydrogen-bond acceptors (Lipinski definition) is 4. The number of rotatable bonds is 9. The summed E-state index contributed by atoms with van der Waals surface area (Å²) in [6, 6.07) is 2.05. The van der Waals surface area contributed by atoms with E-state index in [1.165, 1.54) is 5.57 Å². The Hall–Kier alpha value is -0.756. The third-order valence-electron chi connectivity index (χ3n) is 4.14. The summed E-state index contributed by atoms with van der Waals surface area (Å²) in [5.41, 5.74) is 3.50. The third-order valence-corrected chi connectivity index (χ3v) is 7.24. The maximum absolute atomic E-state index is 6.57. The van der Waals surface area contributed by atoms with Gasteiger partial charge in [-0.15, -0.1) is 0 Å². The molecule has 0 spiro atoms. The predicted molar refractivity (Wildman–Crippen MR) is 138 cm³/mol. The first-order chi connectivity index (χ1) is 13.4. The van der Waals surface area contributed by atoms with Gasteiger partial charge in [-0.25, -0.2) is 0 Å². The van der Waals surface area contributed by atoms with Crippen LogP contribution in [-0.2, 0) is 0 Å². The van der Waals surface area contributed by atoms with E-state index in [1.807, 2.05) is 6.07 Å². The first-order valence-corrected chi connectivity index (χ1v) is 21.6. The summed E-state index contributed by atoms with van der Waals surface area (Å²) in [5, 5.41) is 0. The molecule has 30 heavy (non-hydrogen) atoms. The van der Waals surface area contributed by atoms with Crippen molar-refractivity contribution >= 4 is 51.3 Å². The molecule has 0 aliphatic heterocycles. The molecule has 0 fully saturated rings. The van der Waals surface area contributed by atoms with Gasteiger partial charge in [0.25, 0.3) is 0 Å². The average molecular weight is 495 g/mol. The second-order valence-corrected chi connectivity index (χ2v) is 25.0. The molecule has 1 atom stereocenters. The Balaban J connectivity index is 4.04. The summed E-state index contributed by atoms with van der Waals surface area (Å²) >= 11 is 0. The zero-order valence-corrected chi connectivity index (χ0v) is 25.8. The fraction of sp³-hybridized carbons (Fsp3) is 0.619. The third kappa shape index (κ3) is 8.06. The Labute approximate surface area is 194 Å². The molecule has 1 rings (SSSR count). The van der Waals surface area contributed by atoms with Gasteiger partial charge in [-0.05, 0) is 90.0 Å². The van der Waals surface area contributed by atoms with Crippen LogP contribution >= 0.6 is 0 Å². The Kier molecular flexibility index (Phi) is 8.91. The van der Waals surface area contributed by atoms with E-state index < -0.39 is 25.0 Å². The van der Waals surface area contributed by atoms with Crippen molar-refractivity contribution in [1.82, 2.24) is 0 Å². The molecule has 0 saturated heterocycles. The molecule has 0 aromatic heterocycles. The molecule has 6 radical (unpaired) electrons. The SMILES string of the molecule is CC(=C(C)C(C)[Si])c1cc(O[Si](C)(C)C)c(O[Si](C)(C)C)c(O[Si](C)(C)C)c1O[Si]. The molecule has 0 heterocycles. The van der Waals surface area contributed by atoms with Crippen molar-refractivity contribution in [3.8, 4) is 23.0 Å². The van der Waals surface area contributed by atoms with Crippen LogP contribution in [0.1, 0.15) is 26.3 Å². The fourth-order valence-corrected chi connectivity index (χ4v) is 5.56. The second-order valence-electron chi connectivity index (χ2n) is 10.7. The van der Waals surface area contributed by atoms with E-state index >= 15 is 0 Å². The highest BCUT2D eigenvalue weighted by atomic mass is 28.4. The maximum atomic E-state index is 6.57. The van der Waals surface area contributed by atoms with Gasteiger partial charge in [0.05, 0.1) is 0 Å². The highest BCUT2D eigenvalue weighted by molar-refractivity contribution is 6.71. The monoisotopic (exact) mass is 494 g/mol. The standard InChI is InChI=1S/C21H38O4Si5/c1-14(16(3)26)15(2)17-13-18(23-28(4,5)6)20(24-29(7,8)9)21(19(17)22-27)25-30(10,11)12/h13,16H,1-12H3. The number of allylic oxidation sites excluding steroid dienone is 2. The minimum Gasteiger partial charge on any atom is -0.542 e. The van der Waals surface area contributed by atoms with Crippen LogP contribution < -0.4 is 17.7 Å². The molecule has 0 N–H and O–H groups in total. The Morgan fingerprint density at radius 1 is 0.767 bits per heavy atom. The predicted octanol–water partition coefficient (Wildman–Crippen LogP) is 6.56. The Morgan fingerprint density at radius 2 is 1.20 bits per heavy atom. The normalized spacial score (nSPS) is 14.7. The lowest BCUT2D eigenvalue weighted by Crippen LogP contribution is -2.34. The molecular weight excluding hydrogens is 457 g/mol. The largest absolute Gasteiger partial charge is 0.542 e. The van der Waals surface area contributed by atoms with E-state index in [-0.39, 0.29) is 5.54 Å². The molecule has 4 nitrogen and oxygen atoms in total. The quantitative estimate of drug-likeness (QED) is 0.364. The van der Waals surface area contributed by atoms with Gasteiger partial charge in [-0.3, -0.25) is 0 Å². The van der Waals surface area contributed by atoms with Crippen molar-refractivity contribution < 1.29 is 17.7 Å². The zero-order chi connectivity index (χ0) is 23.7. The lowest BCUT2D eigenvalue weighted by molar-refractivity contribution is 0.438. The van der Waals surface area contributed by atoms with E-state index in [0.717, 1.165) is 16.9 Å². The van der Waals surface area contributed by atoms with E-state index in [1.54, 1.807) is 0 Å². The van der Waals surface area contributed by atoms with Crippen LogP contribution in [0.15, 0.2) is 11.6 Å². The van der Waals surface area contributed by atoms with Crippen molar-refractivity contribution in [3.63, 3.8) is 0 Å². The summed E-state index contributed by atoms with van der Waals surface area (Å²) in [6.45, 7) is 25.8. The van der Waals surface area contributed by atoms with Gasteiger partial charge in [0.1, 0.15) is 5.75 Å². The first kappa shape index (κ1) is 27.3. The minimum atomic E-state index is -1.98. The molecule has 166 valence electrons. The van der Waals surface area contributed by atoms with E-state index in [0.29, 0.717) is 17.2 Å². The van der Waals surface area contributed by atoms with Gasteiger partial charge in [0.2, 0.25) is 25.0 Å². The van der Waals surface area contributed by atoms with E-state index in [9.17, 15) is 0 Å². The summed E-state index contributed by atoms with van der Waals surface area (Å²) in [4.78, 5) is 0. The van der Waals surface area contributed by atoms with Crippen LogP contribution in [0.3, 0.4) is 0 Å². The van der Waals surface area contributed by atoms with E-state index in [4.69, 9.17) is 17.7 Å². The summed E-state index contributed by atoms with van der Waals surface area (Å²) < 4.78 is 25.4. The number of hydrogen-bond donors (Lipinski definition) is 0. The molecule has 0 aliphatic carbocycles. The summed E-state index contributed by atoms with van der Waals surface area (Å²) in [7, 11) is 1.22. The van der Waals surface area contributed by atoms with Gasteiger partial charge >= 0.3 is 10.5 Å². The van der Waals surface area contributed by atoms with Gasteiger partial charge in [-0.1, -0.05) is 12.5 Å². The minimum absolute atomic E-state index is 0.230. The highest BCUT2D eigenvalue weighted by Crippen LogP contribution is 2.51. The summed E-state index contributed by atoms with van der Waals surface area (Å²) in [5.74, 6) is 2.66. The Morgan fingerprint density at radius 3 is 1.57 bits per heavy atom. The lowest BCUT2D eigenvalue weighted by Gasteiger charge is -2.32. The molecule has 0 aliphatic rings. The van der Waals surface area contributed by atoms with Gasteiger partial charge in [0.15, 0.2) is 17.2 Å². The van der Waals surface area contributed by atoms with Crippen LogP contribution in [-0.4, -0.2) is 45.7 Å². The van der Waals surface area contributed by atoms with Crippen LogP contribution in [0.2, 0.25) is 64.5 Å². The molecule has 1 aromatic carbocycles. The van der Waals surface area contributed by atoms with Crippen molar-refractivity contribution in [2.24, 2.45) is 0 Å². The van der Waals surface area contributed by atoms with Crippen LogP contribution in [0.25, 0.3) is 5.57 Å². The molecule has 0 saturated carbocycles. The second kappa shape index (κ2) is 9.80. The van der Waals surface area contributed by atoms with Crippen LogP contribution in [0.5, 0.6) is 23.0 Å². The molecule has 1 unspecified atom stereocenters. The fourth-order valence-electron chi connectivity index (χ4n) is 2.72. The highest BCUT2D eigenvalue weighted by Gasteiger charge is 2.32. The molecular formula is C21H38O4Si5. The molecule has 0 amide bonds. The molecule has 9 heteroatoms. The summed E-state index contributed by atoms with van der Waals surface area (Å²) in [6.07, 6.45) is 0. The van der Waals surface area contributed by atoms with Gasteiger partial charge in [0, 0.05) is 15.8 Å². The van der Waals surface area contributed by atoms with Gasteiger partial charge < -0.3 is 17.7 Å². The van der Waals surface area contributed by atoms with Crippen molar-refractivity contribution in [2.75, 3.05) is 0 Å². The average Bonchev–Trinajstić information content (AvgIpc) is 2.52. The van der Waals surface area contributed by atoms with Crippen molar-refractivity contribution in [2.45, 2.75) is 85.2 Å². The van der Waals surface area contributed by atoms with Crippen LogP contribution in [0, 0.1) is 0 Å². The first-order valence-electron chi connectivity index (χ1n) is 10.4. The van der Waals surface area contributed by atoms with E-state index in [2.05, 4.69) is 100 Å². The topological polar surface area (TPSA) is 36.9 Å². The van der Waals surface area contributed by atoms with Crippen molar-refractivity contribution in [1.29, 1.82) is 0 Å². The number of benzene rings is 1.